The summed E-state index contributed by atoms with van der Waals surface area (Å²) >= 11 is 0. The standard InChI is InChI=1S/C11H16N2O6/c1-19-7(15)2-5-3-13-6(4-14)8(16)9(17)10(18)11(13)12-5/h3,6,8-10,14,16-18H,2,4H2,1H3/p+1/t6-,8-,9+,10-/m1/s1. The van der Waals surface area contributed by atoms with Crippen LogP contribution in [-0.4, -0.2) is 57.3 Å². The molecule has 1 aliphatic heterocycles. The molecule has 1 aromatic rings. The van der Waals surface area contributed by atoms with Gasteiger partial charge in [0.05, 0.1) is 13.7 Å². The first-order chi connectivity index (χ1) is 8.99. The van der Waals surface area contributed by atoms with E-state index >= 15 is 0 Å². The van der Waals surface area contributed by atoms with Crippen LogP contribution < -0.4 is 4.57 Å². The Morgan fingerprint density at radius 3 is 2.68 bits per heavy atom. The lowest BCUT2D eigenvalue weighted by atomic mass is 9.96. The number of hydrogen-bond acceptors (Lipinski definition) is 6. The van der Waals surface area contributed by atoms with E-state index in [-0.39, 0.29) is 12.2 Å². The van der Waals surface area contributed by atoms with Crippen molar-refractivity contribution in [2.24, 2.45) is 0 Å². The van der Waals surface area contributed by atoms with E-state index in [0.29, 0.717) is 5.69 Å². The van der Waals surface area contributed by atoms with E-state index in [1.165, 1.54) is 17.9 Å². The number of methoxy groups -OCH3 is 1. The lowest BCUT2D eigenvalue weighted by Crippen LogP contribution is -2.59. The van der Waals surface area contributed by atoms with Gasteiger partial charge in [-0.2, -0.15) is 0 Å². The molecule has 8 heteroatoms. The molecule has 0 fully saturated rings. The number of aromatic amines is 1. The van der Waals surface area contributed by atoms with Crippen LogP contribution in [0, 0.1) is 0 Å². The molecule has 0 spiro atoms. The third kappa shape index (κ3) is 2.35. The smallest absolute Gasteiger partial charge is 0.313 e. The Morgan fingerprint density at radius 2 is 2.11 bits per heavy atom. The Labute approximate surface area is 108 Å². The number of carbonyl (C=O) groups excluding carboxylic acids is 1. The van der Waals surface area contributed by atoms with E-state index < -0.39 is 36.9 Å². The van der Waals surface area contributed by atoms with Gasteiger partial charge in [0.1, 0.15) is 24.8 Å². The van der Waals surface area contributed by atoms with Crippen molar-refractivity contribution in [2.75, 3.05) is 13.7 Å². The van der Waals surface area contributed by atoms with Crippen LogP contribution in [0.25, 0.3) is 0 Å². The fourth-order valence-corrected chi connectivity index (χ4v) is 2.25. The number of aromatic nitrogens is 2. The summed E-state index contributed by atoms with van der Waals surface area (Å²) in [6, 6.07) is -0.781. The number of carbonyl (C=O) groups is 1. The maximum Gasteiger partial charge on any atom is 0.313 e. The molecule has 1 aromatic heterocycles. The van der Waals surface area contributed by atoms with E-state index in [4.69, 9.17) is 0 Å². The number of aliphatic hydroxyl groups excluding tert-OH is 4. The van der Waals surface area contributed by atoms with Crippen LogP contribution in [0.4, 0.5) is 0 Å². The highest BCUT2D eigenvalue weighted by Gasteiger charge is 2.46. The van der Waals surface area contributed by atoms with E-state index in [1.54, 1.807) is 0 Å². The van der Waals surface area contributed by atoms with Gasteiger partial charge in [-0.25, -0.2) is 9.55 Å². The van der Waals surface area contributed by atoms with Gasteiger partial charge in [-0.05, 0) is 0 Å². The van der Waals surface area contributed by atoms with Crippen LogP contribution in [0.5, 0.6) is 0 Å². The Balaban J connectivity index is 2.35. The van der Waals surface area contributed by atoms with Gasteiger partial charge in [0.25, 0.3) is 5.82 Å². The van der Waals surface area contributed by atoms with Crippen molar-refractivity contribution in [2.45, 2.75) is 30.8 Å². The van der Waals surface area contributed by atoms with Crippen LogP contribution in [0.3, 0.4) is 0 Å². The highest BCUT2D eigenvalue weighted by molar-refractivity contribution is 5.71. The van der Waals surface area contributed by atoms with Crippen molar-refractivity contribution < 1.29 is 34.5 Å². The van der Waals surface area contributed by atoms with Gasteiger partial charge in [-0.15, -0.1) is 0 Å². The van der Waals surface area contributed by atoms with Crippen LogP contribution >= 0.6 is 0 Å². The van der Waals surface area contributed by atoms with Gasteiger partial charge in [-0.1, -0.05) is 0 Å². The largest absolute Gasteiger partial charge is 0.469 e. The molecule has 19 heavy (non-hydrogen) atoms. The van der Waals surface area contributed by atoms with Crippen molar-refractivity contribution >= 4 is 5.97 Å². The first-order valence-electron chi connectivity index (χ1n) is 5.84. The number of hydrogen-bond donors (Lipinski definition) is 5. The molecule has 0 aromatic carbocycles. The number of ether oxygens (including phenoxy) is 1. The summed E-state index contributed by atoms with van der Waals surface area (Å²) in [6.45, 7) is -0.405. The molecule has 8 nitrogen and oxygen atoms in total. The van der Waals surface area contributed by atoms with E-state index in [9.17, 15) is 25.2 Å². The minimum absolute atomic E-state index is 0.0342. The Morgan fingerprint density at radius 1 is 1.42 bits per heavy atom. The summed E-state index contributed by atoms with van der Waals surface area (Å²) in [4.78, 5) is 14.0. The normalized spacial score (nSPS) is 29.9. The maximum atomic E-state index is 11.2. The number of esters is 1. The summed E-state index contributed by atoms with van der Waals surface area (Å²) < 4.78 is 5.96. The molecule has 0 radical (unpaired) electrons. The average molecular weight is 273 g/mol. The van der Waals surface area contributed by atoms with Crippen molar-refractivity contribution in [3.63, 3.8) is 0 Å². The van der Waals surface area contributed by atoms with Gasteiger partial charge in [-0.3, -0.25) is 4.79 Å². The first kappa shape index (κ1) is 13.9. The topological polar surface area (TPSA) is 127 Å². The molecule has 0 saturated heterocycles. The molecule has 2 rings (SSSR count). The number of H-pyrrole nitrogens is 1. The van der Waals surface area contributed by atoms with E-state index in [1.807, 2.05) is 0 Å². The van der Waals surface area contributed by atoms with E-state index in [2.05, 4.69) is 9.72 Å². The number of nitrogens with one attached hydrogen (secondary N) is 1. The SMILES string of the molecule is COC(=O)Cc1c[n+]2c([nH]1)[C@H](O)[C@@H](O)[C@H](O)[C@H]2CO. The third-order valence-corrected chi connectivity index (χ3v) is 3.32. The minimum Gasteiger partial charge on any atom is -0.469 e. The number of fused-ring (bicyclic) bond motifs is 1. The lowest BCUT2D eigenvalue weighted by Gasteiger charge is -2.30. The number of aliphatic hydroxyl groups is 4. The molecule has 2 heterocycles. The van der Waals surface area contributed by atoms with Crippen molar-refractivity contribution in [1.82, 2.24) is 4.98 Å². The predicted octanol–water partition coefficient (Wildman–Crippen LogP) is -2.68. The molecule has 106 valence electrons. The molecule has 0 unspecified atom stereocenters. The number of rotatable bonds is 3. The Bertz CT molecular complexity index is 474. The van der Waals surface area contributed by atoms with Crippen molar-refractivity contribution in [3.05, 3.63) is 17.7 Å². The zero-order chi connectivity index (χ0) is 14.2. The summed E-state index contributed by atoms with van der Waals surface area (Å²) in [7, 11) is 1.26. The molecule has 5 N–H and O–H groups in total. The van der Waals surface area contributed by atoms with Crippen LogP contribution in [0.15, 0.2) is 6.20 Å². The molecule has 0 aliphatic carbocycles. The van der Waals surface area contributed by atoms with Crippen molar-refractivity contribution in [3.8, 4) is 0 Å². The molecule has 0 bridgehead atoms. The monoisotopic (exact) mass is 273 g/mol. The summed E-state index contributed by atoms with van der Waals surface area (Å²) in [5.41, 5.74) is 0.459. The zero-order valence-corrected chi connectivity index (χ0v) is 10.4. The predicted molar refractivity (Wildman–Crippen MR) is 59.8 cm³/mol. The van der Waals surface area contributed by atoms with E-state index in [0.717, 1.165) is 0 Å². The molecular formula is C11H17N2O6+. The van der Waals surface area contributed by atoms with Gasteiger partial charge in [0.15, 0.2) is 17.8 Å². The van der Waals surface area contributed by atoms with Gasteiger partial charge in [0, 0.05) is 0 Å². The van der Waals surface area contributed by atoms with Crippen molar-refractivity contribution in [1.29, 1.82) is 0 Å². The lowest BCUT2D eigenvalue weighted by molar-refractivity contribution is -0.750. The average Bonchev–Trinajstić information content (AvgIpc) is 2.80. The van der Waals surface area contributed by atoms with Gasteiger partial charge >= 0.3 is 5.97 Å². The summed E-state index contributed by atoms with van der Waals surface area (Å²) in [6.07, 6.45) is -2.54. The Kier molecular flexibility index (Phi) is 3.85. The van der Waals surface area contributed by atoms with Crippen LogP contribution in [0.1, 0.15) is 23.7 Å². The molecule has 0 amide bonds. The second kappa shape index (κ2) is 5.25. The highest BCUT2D eigenvalue weighted by atomic mass is 16.5. The summed E-state index contributed by atoms with van der Waals surface area (Å²) in [5.74, 6) is -0.230. The highest BCUT2D eigenvalue weighted by Crippen LogP contribution is 2.26. The zero-order valence-electron chi connectivity index (χ0n) is 10.4. The van der Waals surface area contributed by atoms with Crippen LogP contribution in [-0.2, 0) is 16.0 Å². The number of imidazole rings is 1. The fraction of sp³-hybridized carbons (Fsp3) is 0.636. The second-order valence-electron chi connectivity index (χ2n) is 4.50. The molecule has 1 aliphatic rings. The molecule has 4 atom stereocenters. The molecular weight excluding hydrogens is 256 g/mol. The molecule has 0 saturated carbocycles. The summed E-state index contributed by atoms with van der Waals surface area (Å²) in [5, 5.41) is 38.6. The quantitative estimate of drug-likeness (QED) is 0.302. The fourth-order valence-electron chi connectivity index (χ4n) is 2.25. The van der Waals surface area contributed by atoms with Gasteiger partial charge in [0.2, 0.25) is 0 Å². The maximum absolute atomic E-state index is 11.2. The van der Waals surface area contributed by atoms with Gasteiger partial charge < -0.3 is 25.2 Å². The first-order valence-corrected chi connectivity index (χ1v) is 5.84. The Hall–Kier alpha value is -1.48. The number of nitrogens with zero attached hydrogens (tertiary/aromatic N) is 1. The second-order valence-corrected chi connectivity index (χ2v) is 4.50. The third-order valence-electron chi connectivity index (χ3n) is 3.32. The minimum atomic E-state index is -1.40. The van der Waals surface area contributed by atoms with Crippen LogP contribution in [0.2, 0.25) is 0 Å².